The lowest BCUT2D eigenvalue weighted by Gasteiger charge is -2.09. The molecule has 0 fully saturated rings. The topological polar surface area (TPSA) is 95.9 Å². The van der Waals surface area contributed by atoms with Crippen LogP contribution in [0.5, 0.6) is 11.5 Å². The Kier molecular flexibility index (Phi) is 4.67. The van der Waals surface area contributed by atoms with E-state index >= 15 is 0 Å². The molecule has 1 rings (SSSR count). The molecule has 1 aromatic rings. The van der Waals surface area contributed by atoms with E-state index in [1.54, 1.807) is 0 Å². The normalized spacial score (nSPS) is 10.1. The van der Waals surface area contributed by atoms with Gasteiger partial charge in [0.05, 0.1) is 17.7 Å². The van der Waals surface area contributed by atoms with Gasteiger partial charge in [-0.1, -0.05) is 0 Å². The van der Waals surface area contributed by atoms with Crippen LogP contribution in [0.25, 0.3) is 0 Å². The number of aromatic hydroxyl groups is 2. The van der Waals surface area contributed by atoms with Crippen LogP contribution in [0.3, 0.4) is 0 Å². The maximum Gasteiger partial charge on any atom is 0.255 e. The van der Waals surface area contributed by atoms with E-state index in [1.165, 1.54) is 26.2 Å². The van der Waals surface area contributed by atoms with Crippen molar-refractivity contribution in [2.75, 3.05) is 20.3 Å². The standard InChI is InChI=1S/C12H15NO5/c1-7(14)8-3-4-9(11(16)10(8)15)12(17)13-5-6-18-2/h3-4,15-16H,5-6H2,1-2H3,(H,13,17). The van der Waals surface area contributed by atoms with E-state index in [4.69, 9.17) is 4.74 Å². The molecule has 0 saturated heterocycles. The van der Waals surface area contributed by atoms with Gasteiger partial charge in [-0.25, -0.2) is 0 Å². The second kappa shape index (κ2) is 6.02. The molecule has 0 unspecified atom stereocenters. The molecular formula is C12H15NO5. The molecule has 18 heavy (non-hydrogen) atoms. The number of phenolic OH excluding ortho intramolecular Hbond substituents is 2. The fraction of sp³-hybridized carbons (Fsp3) is 0.333. The van der Waals surface area contributed by atoms with Crippen LogP contribution in [0.4, 0.5) is 0 Å². The quantitative estimate of drug-likeness (QED) is 0.407. The number of carbonyl (C=O) groups is 2. The van der Waals surface area contributed by atoms with E-state index in [0.29, 0.717) is 6.61 Å². The number of nitrogens with one attached hydrogen (secondary N) is 1. The molecule has 0 bridgehead atoms. The van der Waals surface area contributed by atoms with Crippen LogP contribution >= 0.6 is 0 Å². The van der Waals surface area contributed by atoms with Crippen molar-refractivity contribution >= 4 is 11.7 Å². The maximum atomic E-state index is 11.7. The van der Waals surface area contributed by atoms with Crippen molar-refractivity contribution in [3.05, 3.63) is 23.3 Å². The van der Waals surface area contributed by atoms with Crippen LogP contribution in [0.1, 0.15) is 27.6 Å². The second-order valence-corrected chi connectivity index (χ2v) is 3.66. The number of phenols is 2. The Hall–Kier alpha value is -2.08. The molecule has 3 N–H and O–H groups in total. The first-order chi connectivity index (χ1) is 8.49. The highest BCUT2D eigenvalue weighted by atomic mass is 16.5. The van der Waals surface area contributed by atoms with Crippen LogP contribution in [-0.2, 0) is 4.74 Å². The first-order valence-electron chi connectivity index (χ1n) is 5.32. The summed E-state index contributed by atoms with van der Waals surface area (Å²) >= 11 is 0. The minimum Gasteiger partial charge on any atom is -0.504 e. The van der Waals surface area contributed by atoms with Gasteiger partial charge in [0, 0.05) is 13.7 Å². The van der Waals surface area contributed by atoms with E-state index in [2.05, 4.69) is 5.32 Å². The summed E-state index contributed by atoms with van der Waals surface area (Å²) in [5.74, 6) is -2.12. The molecule has 0 aliphatic heterocycles. The van der Waals surface area contributed by atoms with Crippen molar-refractivity contribution in [3.8, 4) is 11.5 Å². The molecule has 0 aliphatic carbocycles. The lowest BCUT2D eigenvalue weighted by molar-refractivity contribution is 0.0931. The van der Waals surface area contributed by atoms with Gasteiger partial charge in [0.25, 0.3) is 5.91 Å². The third-order valence-corrected chi connectivity index (χ3v) is 2.37. The predicted octanol–water partition coefficient (Wildman–Crippen LogP) is 0.677. The van der Waals surface area contributed by atoms with E-state index in [0.717, 1.165) is 0 Å². The third kappa shape index (κ3) is 2.98. The molecule has 1 amide bonds. The lowest BCUT2D eigenvalue weighted by atomic mass is 10.1. The number of Topliss-reactive ketones (excluding diaryl/α,β-unsaturated/α-hetero) is 1. The number of hydrogen-bond acceptors (Lipinski definition) is 5. The zero-order chi connectivity index (χ0) is 13.7. The first-order valence-corrected chi connectivity index (χ1v) is 5.32. The Morgan fingerprint density at radius 2 is 1.78 bits per heavy atom. The summed E-state index contributed by atoms with van der Waals surface area (Å²) < 4.78 is 4.76. The van der Waals surface area contributed by atoms with Crippen LogP contribution < -0.4 is 5.32 Å². The Morgan fingerprint density at radius 3 is 2.33 bits per heavy atom. The lowest BCUT2D eigenvalue weighted by Crippen LogP contribution is -2.27. The SMILES string of the molecule is COCCNC(=O)c1ccc(C(C)=O)c(O)c1O. The van der Waals surface area contributed by atoms with E-state index in [1.807, 2.05) is 0 Å². The van der Waals surface area contributed by atoms with E-state index in [9.17, 15) is 19.8 Å². The van der Waals surface area contributed by atoms with Crippen LogP contribution in [0, 0.1) is 0 Å². The molecule has 0 aromatic heterocycles. The van der Waals surface area contributed by atoms with Crippen molar-refractivity contribution < 1.29 is 24.5 Å². The fourth-order valence-electron chi connectivity index (χ4n) is 1.41. The molecule has 0 saturated carbocycles. The average Bonchev–Trinajstić information content (AvgIpc) is 2.32. The number of hydrogen-bond donors (Lipinski definition) is 3. The molecule has 0 atom stereocenters. The second-order valence-electron chi connectivity index (χ2n) is 3.66. The smallest absolute Gasteiger partial charge is 0.255 e. The number of ether oxygens (including phenoxy) is 1. The van der Waals surface area contributed by atoms with Crippen LogP contribution in [-0.4, -0.2) is 42.2 Å². The molecule has 6 heteroatoms. The average molecular weight is 253 g/mol. The largest absolute Gasteiger partial charge is 0.504 e. The molecular weight excluding hydrogens is 238 g/mol. The van der Waals surface area contributed by atoms with Gasteiger partial charge >= 0.3 is 0 Å². The van der Waals surface area contributed by atoms with Gasteiger partial charge in [-0.15, -0.1) is 0 Å². The van der Waals surface area contributed by atoms with Crippen molar-refractivity contribution in [3.63, 3.8) is 0 Å². The van der Waals surface area contributed by atoms with Crippen molar-refractivity contribution in [1.82, 2.24) is 5.32 Å². The highest BCUT2D eigenvalue weighted by molar-refractivity contribution is 6.02. The number of carbonyl (C=O) groups excluding carboxylic acids is 2. The fourth-order valence-corrected chi connectivity index (χ4v) is 1.41. The summed E-state index contributed by atoms with van der Waals surface area (Å²) in [5, 5.41) is 21.8. The number of rotatable bonds is 5. The molecule has 0 spiro atoms. The Balaban J connectivity index is 2.94. The Morgan fingerprint density at radius 1 is 1.22 bits per heavy atom. The summed E-state index contributed by atoms with van der Waals surface area (Å²) in [6.45, 7) is 1.88. The van der Waals surface area contributed by atoms with E-state index < -0.39 is 23.2 Å². The van der Waals surface area contributed by atoms with Crippen molar-refractivity contribution in [2.24, 2.45) is 0 Å². The number of amides is 1. The third-order valence-electron chi connectivity index (χ3n) is 2.37. The number of ketones is 1. The minimum atomic E-state index is -0.599. The molecule has 0 heterocycles. The zero-order valence-corrected chi connectivity index (χ0v) is 10.2. The molecule has 0 radical (unpaired) electrons. The van der Waals surface area contributed by atoms with Gasteiger partial charge in [0.15, 0.2) is 17.3 Å². The summed E-state index contributed by atoms with van der Waals surface area (Å²) in [6, 6.07) is 2.58. The van der Waals surface area contributed by atoms with Gasteiger partial charge in [0.1, 0.15) is 0 Å². The zero-order valence-electron chi connectivity index (χ0n) is 10.2. The molecule has 6 nitrogen and oxygen atoms in total. The molecule has 1 aromatic carbocycles. The first kappa shape index (κ1) is 14.0. The van der Waals surface area contributed by atoms with Crippen LogP contribution in [0.2, 0.25) is 0 Å². The van der Waals surface area contributed by atoms with Gasteiger partial charge in [-0.05, 0) is 19.1 Å². The number of benzene rings is 1. The van der Waals surface area contributed by atoms with Crippen molar-refractivity contribution in [2.45, 2.75) is 6.92 Å². The summed E-state index contributed by atoms with van der Waals surface area (Å²) in [6.07, 6.45) is 0. The summed E-state index contributed by atoms with van der Waals surface area (Å²) in [4.78, 5) is 22.8. The van der Waals surface area contributed by atoms with Crippen LogP contribution in [0.15, 0.2) is 12.1 Å². The van der Waals surface area contributed by atoms with Gasteiger partial charge in [0.2, 0.25) is 0 Å². The van der Waals surface area contributed by atoms with E-state index in [-0.39, 0.29) is 17.7 Å². The highest BCUT2D eigenvalue weighted by Crippen LogP contribution is 2.32. The van der Waals surface area contributed by atoms with Gasteiger partial charge < -0.3 is 20.3 Å². The molecule has 98 valence electrons. The maximum absolute atomic E-state index is 11.7. The summed E-state index contributed by atoms with van der Waals surface area (Å²) in [7, 11) is 1.50. The Labute approximate surface area is 104 Å². The van der Waals surface area contributed by atoms with Gasteiger partial charge in [-0.2, -0.15) is 0 Å². The number of methoxy groups -OCH3 is 1. The molecule has 0 aliphatic rings. The van der Waals surface area contributed by atoms with Gasteiger partial charge in [-0.3, -0.25) is 9.59 Å². The highest BCUT2D eigenvalue weighted by Gasteiger charge is 2.18. The van der Waals surface area contributed by atoms with Crippen molar-refractivity contribution in [1.29, 1.82) is 0 Å². The monoisotopic (exact) mass is 253 g/mol. The minimum absolute atomic E-state index is 0.0269. The Bertz CT molecular complexity index is 470. The summed E-state index contributed by atoms with van der Waals surface area (Å²) in [5.41, 5.74) is -0.116. The predicted molar refractivity (Wildman–Crippen MR) is 64.0 cm³/mol.